The quantitative estimate of drug-likeness (QED) is 0.744. The lowest BCUT2D eigenvalue weighted by molar-refractivity contribution is 0.314. The van der Waals surface area contributed by atoms with Gasteiger partial charge in [-0.2, -0.15) is 0 Å². The van der Waals surface area contributed by atoms with E-state index in [-0.39, 0.29) is 5.75 Å². The van der Waals surface area contributed by atoms with Crippen LogP contribution in [0.3, 0.4) is 0 Å². The van der Waals surface area contributed by atoms with E-state index in [9.17, 15) is 8.42 Å². The number of benzene rings is 1. The molecule has 0 fully saturated rings. The Bertz CT molecular complexity index is 494. The van der Waals surface area contributed by atoms with Crippen molar-refractivity contribution in [3.8, 4) is 5.75 Å². The van der Waals surface area contributed by atoms with E-state index in [1.807, 2.05) is 12.1 Å². The van der Waals surface area contributed by atoms with Gasteiger partial charge < -0.3 is 10.5 Å². The van der Waals surface area contributed by atoms with Crippen LogP contribution in [0.4, 0.5) is 0 Å². The summed E-state index contributed by atoms with van der Waals surface area (Å²) in [5.41, 5.74) is 6.54. The van der Waals surface area contributed by atoms with Crippen LogP contribution in [0.25, 0.3) is 0 Å². The molecule has 2 N–H and O–H groups in total. The Morgan fingerprint density at radius 2 is 1.83 bits per heavy atom. The van der Waals surface area contributed by atoms with Crippen LogP contribution >= 0.6 is 31.9 Å². The molecule has 0 heterocycles. The minimum atomic E-state index is -2.93. The molecular weight excluding hydrogens is 386 g/mol. The topological polar surface area (TPSA) is 69.4 Å². The van der Waals surface area contributed by atoms with Gasteiger partial charge in [-0.15, -0.1) is 0 Å². The fraction of sp³-hybridized carbons (Fsp3) is 0.455. The van der Waals surface area contributed by atoms with Crippen molar-refractivity contribution in [2.24, 2.45) is 5.73 Å². The maximum Gasteiger partial charge on any atom is 0.147 e. The van der Waals surface area contributed by atoms with Crippen LogP contribution in [0.5, 0.6) is 5.75 Å². The molecular formula is C11H15Br2NO3S. The third-order valence-corrected chi connectivity index (χ3v) is 4.41. The highest BCUT2D eigenvalue weighted by Crippen LogP contribution is 2.34. The Morgan fingerprint density at radius 1 is 1.28 bits per heavy atom. The molecule has 0 bridgehead atoms. The Balaban J connectivity index is 2.63. The van der Waals surface area contributed by atoms with Crippen molar-refractivity contribution in [3.63, 3.8) is 0 Å². The Morgan fingerprint density at radius 3 is 2.28 bits per heavy atom. The number of rotatable bonds is 6. The maximum atomic E-state index is 11.0. The van der Waals surface area contributed by atoms with Gasteiger partial charge in [0.25, 0.3) is 0 Å². The average Bonchev–Trinajstić information content (AvgIpc) is 2.25. The second-order valence-corrected chi connectivity index (χ2v) is 7.89. The van der Waals surface area contributed by atoms with Crippen molar-refractivity contribution in [2.45, 2.75) is 13.0 Å². The van der Waals surface area contributed by atoms with Crippen molar-refractivity contribution in [1.82, 2.24) is 0 Å². The van der Waals surface area contributed by atoms with Crippen LogP contribution in [-0.2, 0) is 16.4 Å². The monoisotopic (exact) mass is 399 g/mol. The zero-order chi connectivity index (χ0) is 13.8. The molecule has 0 aromatic heterocycles. The summed E-state index contributed by atoms with van der Waals surface area (Å²) in [6.07, 6.45) is 1.69. The standard InChI is InChI=1S/C11H15Br2NO3S/c1-18(15,16)4-2-3-17-11-9(12)5-8(7-14)6-10(11)13/h5-6H,2-4,7,14H2,1H3. The van der Waals surface area contributed by atoms with Crippen molar-refractivity contribution in [3.05, 3.63) is 26.6 Å². The third kappa shape index (κ3) is 5.26. The van der Waals surface area contributed by atoms with Crippen LogP contribution < -0.4 is 10.5 Å². The number of ether oxygens (including phenoxy) is 1. The molecule has 18 heavy (non-hydrogen) atoms. The fourth-order valence-electron chi connectivity index (χ4n) is 1.36. The van der Waals surface area contributed by atoms with Gasteiger partial charge >= 0.3 is 0 Å². The highest BCUT2D eigenvalue weighted by atomic mass is 79.9. The van der Waals surface area contributed by atoms with Gasteiger partial charge in [-0.3, -0.25) is 0 Å². The van der Waals surface area contributed by atoms with Gasteiger partial charge in [0.15, 0.2) is 0 Å². The summed E-state index contributed by atoms with van der Waals surface area (Å²) in [4.78, 5) is 0. The normalized spacial score (nSPS) is 11.6. The number of hydrogen-bond donors (Lipinski definition) is 1. The highest BCUT2D eigenvalue weighted by molar-refractivity contribution is 9.11. The van der Waals surface area contributed by atoms with Crippen LogP contribution in [0, 0.1) is 0 Å². The van der Waals surface area contributed by atoms with E-state index in [4.69, 9.17) is 10.5 Å². The van der Waals surface area contributed by atoms with E-state index in [1.54, 1.807) is 0 Å². The lowest BCUT2D eigenvalue weighted by Crippen LogP contribution is -2.08. The van der Waals surface area contributed by atoms with E-state index in [1.165, 1.54) is 6.26 Å². The van der Waals surface area contributed by atoms with Gasteiger partial charge in [0, 0.05) is 12.8 Å². The number of sulfone groups is 1. The average molecular weight is 401 g/mol. The molecule has 1 aromatic rings. The minimum absolute atomic E-state index is 0.128. The van der Waals surface area contributed by atoms with E-state index in [0.29, 0.717) is 25.3 Å². The lowest BCUT2D eigenvalue weighted by Gasteiger charge is -2.11. The third-order valence-electron chi connectivity index (χ3n) is 2.20. The van der Waals surface area contributed by atoms with Crippen LogP contribution in [0.15, 0.2) is 21.1 Å². The maximum absolute atomic E-state index is 11.0. The van der Waals surface area contributed by atoms with E-state index in [0.717, 1.165) is 14.5 Å². The molecule has 0 aliphatic heterocycles. The summed E-state index contributed by atoms with van der Waals surface area (Å²) >= 11 is 6.80. The van der Waals surface area contributed by atoms with Crippen LogP contribution in [-0.4, -0.2) is 27.0 Å². The molecule has 0 aliphatic carbocycles. The first kappa shape index (κ1) is 15.9. The van der Waals surface area contributed by atoms with Crippen molar-refractivity contribution in [1.29, 1.82) is 0 Å². The van der Waals surface area contributed by atoms with E-state index < -0.39 is 9.84 Å². The molecule has 0 aliphatic rings. The molecule has 0 amide bonds. The molecule has 0 unspecified atom stereocenters. The SMILES string of the molecule is CS(=O)(=O)CCCOc1c(Br)cc(CN)cc1Br. The molecule has 0 saturated heterocycles. The molecule has 102 valence electrons. The van der Waals surface area contributed by atoms with Gasteiger partial charge in [0.2, 0.25) is 0 Å². The molecule has 0 radical (unpaired) electrons. The summed E-state index contributed by atoms with van der Waals surface area (Å²) in [7, 11) is -2.93. The lowest BCUT2D eigenvalue weighted by atomic mass is 10.2. The molecule has 1 rings (SSSR count). The molecule has 7 heteroatoms. The Kier molecular flexibility index (Phi) is 6.10. The van der Waals surface area contributed by atoms with E-state index >= 15 is 0 Å². The molecule has 1 aromatic carbocycles. The summed E-state index contributed by atoms with van der Waals surface area (Å²) in [6.45, 7) is 0.803. The van der Waals surface area contributed by atoms with Gasteiger partial charge in [0.1, 0.15) is 15.6 Å². The predicted molar refractivity (Wildman–Crippen MR) is 79.6 cm³/mol. The fourth-order valence-corrected chi connectivity index (χ4v) is 3.52. The summed E-state index contributed by atoms with van der Waals surface area (Å²) in [6, 6.07) is 3.77. The van der Waals surface area contributed by atoms with Crippen molar-refractivity contribution < 1.29 is 13.2 Å². The van der Waals surface area contributed by atoms with Gasteiger partial charge in [-0.25, -0.2) is 8.42 Å². The Labute approximate surface area is 124 Å². The van der Waals surface area contributed by atoms with Gasteiger partial charge in [-0.1, -0.05) is 0 Å². The molecule has 0 atom stereocenters. The number of halogens is 2. The van der Waals surface area contributed by atoms with Gasteiger partial charge in [-0.05, 0) is 56.0 Å². The van der Waals surface area contributed by atoms with Crippen molar-refractivity contribution >= 4 is 41.7 Å². The first-order chi connectivity index (χ1) is 8.33. The number of hydrogen-bond acceptors (Lipinski definition) is 4. The largest absolute Gasteiger partial charge is 0.491 e. The Hall–Kier alpha value is -0.110. The summed E-state index contributed by atoms with van der Waals surface area (Å²) in [5, 5.41) is 0. The van der Waals surface area contributed by atoms with Crippen LogP contribution in [0.1, 0.15) is 12.0 Å². The van der Waals surface area contributed by atoms with E-state index in [2.05, 4.69) is 31.9 Å². The molecule has 4 nitrogen and oxygen atoms in total. The second kappa shape index (κ2) is 6.88. The molecule has 0 saturated carbocycles. The van der Waals surface area contributed by atoms with Gasteiger partial charge in [0.05, 0.1) is 21.3 Å². The number of nitrogens with two attached hydrogens (primary N) is 1. The smallest absolute Gasteiger partial charge is 0.147 e. The molecule has 0 spiro atoms. The first-order valence-corrected chi connectivity index (χ1v) is 8.96. The van der Waals surface area contributed by atoms with Crippen LogP contribution in [0.2, 0.25) is 0 Å². The zero-order valence-electron chi connectivity index (χ0n) is 9.95. The second-order valence-electron chi connectivity index (χ2n) is 3.92. The first-order valence-electron chi connectivity index (χ1n) is 5.32. The highest BCUT2D eigenvalue weighted by Gasteiger charge is 2.09. The predicted octanol–water partition coefficient (Wildman–Crippen LogP) is 2.48. The van der Waals surface area contributed by atoms with Crippen molar-refractivity contribution in [2.75, 3.05) is 18.6 Å². The zero-order valence-corrected chi connectivity index (χ0v) is 13.9. The summed E-state index contributed by atoms with van der Waals surface area (Å²) < 4.78 is 29.1. The summed E-state index contributed by atoms with van der Waals surface area (Å²) in [5.74, 6) is 0.795. The minimum Gasteiger partial charge on any atom is -0.491 e.